The van der Waals surface area contributed by atoms with Crippen LogP contribution in [0.15, 0.2) is 17.1 Å². The lowest BCUT2D eigenvalue weighted by atomic mass is 10.2. The molecule has 0 amide bonds. The average molecular weight is 337 g/mol. The van der Waals surface area contributed by atoms with Gasteiger partial charge >= 0.3 is 17.6 Å². The first-order valence-corrected chi connectivity index (χ1v) is 7.21. The molecule has 3 atom stereocenters. The van der Waals surface area contributed by atoms with Gasteiger partial charge in [-0.2, -0.15) is 0 Å². The minimum atomic E-state index is -0.698. The number of esters is 2. The number of nitrogens with zero attached hydrogens (tertiary/aromatic N) is 5. The lowest BCUT2D eigenvalue weighted by molar-refractivity contribution is -0.155. The van der Waals surface area contributed by atoms with E-state index < -0.39 is 36.1 Å². The SMILES string of the molecule is CC(=O)OC[C@H]1O[C@@H](n2ccc3nnnn3c2=O)C[C@@H]1OC(C)=O. The molecule has 3 heterocycles. The highest BCUT2D eigenvalue weighted by Crippen LogP contribution is 2.30. The minimum Gasteiger partial charge on any atom is -0.463 e. The summed E-state index contributed by atoms with van der Waals surface area (Å²) < 4.78 is 18.2. The molecule has 0 spiro atoms. The molecule has 0 saturated carbocycles. The second-order valence-electron chi connectivity index (χ2n) is 5.27. The van der Waals surface area contributed by atoms with Crippen LogP contribution in [-0.2, 0) is 23.8 Å². The van der Waals surface area contributed by atoms with Crippen LogP contribution in [-0.4, -0.2) is 55.4 Å². The van der Waals surface area contributed by atoms with E-state index in [1.54, 1.807) is 6.07 Å². The third kappa shape index (κ3) is 3.11. The van der Waals surface area contributed by atoms with E-state index in [4.69, 9.17) is 14.2 Å². The summed E-state index contributed by atoms with van der Waals surface area (Å²) in [6.45, 7) is 2.46. The smallest absolute Gasteiger partial charge is 0.354 e. The Kier molecular flexibility index (Phi) is 4.25. The second-order valence-corrected chi connectivity index (χ2v) is 5.27. The van der Waals surface area contributed by atoms with Gasteiger partial charge in [0.05, 0.1) is 0 Å². The van der Waals surface area contributed by atoms with Gasteiger partial charge in [-0.15, -0.1) is 9.61 Å². The summed E-state index contributed by atoms with van der Waals surface area (Å²) in [5.74, 6) is -0.962. The third-order valence-electron chi connectivity index (χ3n) is 3.54. The van der Waals surface area contributed by atoms with Crippen molar-refractivity contribution >= 4 is 17.6 Å². The van der Waals surface area contributed by atoms with E-state index in [0.717, 1.165) is 4.52 Å². The zero-order chi connectivity index (χ0) is 17.3. The van der Waals surface area contributed by atoms with Crippen LogP contribution >= 0.6 is 0 Å². The molecule has 11 nitrogen and oxygen atoms in total. The lowest BCUT2D eigenvalue weighted by Crippen LogP contribution is -2.31. The molecule has 1 fully saturated rings. The van der Waals surface area contributed by atoms with Gasteiger partial charge in [0.25, 0.3) is 0 Å². The second kappa shape index (κ2) is 6.35. The quantitative estimate of drug-likeness (QED) is 0.650. The molecule has 0 radical (unpaired) electrons. The Morgan fingerprint density at radius 3 is 2.88 bits per heavy atom. The first kappa shape index (κ1) is 16.1. The summed E-state index contributed by atoms with van der Waals surface area (Å²) in [5.41, 5.74) is -0.181. The number of rotatable bonds is 4. The van der Waals surface area contributed by atoms with Gasteiger partial charge in [-0.25, -0.2) is 4.79 Å². The largest absolute Gasteiger partial charge is 0.463 e. The first-order chi connectivity index (χ1) is 11.5. The highest BCUT2D eigenvalue weighted by molar-refractivity contribution is 5.66. The van der Waals surface area contributed by atoms with E-state index in [1.807, 2.05) is 0 Å². The van der Waals surface area contributed by atoms with Crippen molar-refractivity contribution < 1.29 is 23.8 Å². The van der Waals surface area contributed by atoms with Crippen LogP contribution < -0.4 is 5.69 Å². The molecule has 128 valence electrons. The Morgan fingerprint density at radius 2 is 2.17 bits per heavy atom. The summed E-state index contributed by atoms with van der Waals surface area (Å²) in [6.07, 6.45) is -0.268. The van der Waals surface area contributed by atoms with E-state index >= 15 is 0 Å². The van der Waals surface area contributed by atoms with Crippen LogP contribution in [0, 0.1) is 0 Å². The predicted molar refractivity (Wildman–Crippen MR) is 75.8 cm³/mol. The van der Waals surface area contributed by atoms with Crippen molar-refractivity contribution in [2.45, 2.75) is 38.7 Å². The number of carbonyl (C=O) groups is 2. The highest BCUT2D eigenvalue weighted by atomic mass is 16.6. The van der Waals surface area contributed by atoms with Crippen molar-refractivity contribution in [3.63, 3.8) is 0 Å². The molecule has 11 heteroatoms. The maximum Gasteiger partial charge on any atom is 0.354 e. The van der Waals surface area contributed by atoms with E-state index in [2.05, 4.69) is 15.5 Å². The predicted octanol–water partition coefficient (Wildman–Crippen LogP) is -0.932. The van der Waals surface area contributed by atoms with Crippen molar-refractivity contribution in [2.75, 3.05) is 6.61 Å². The van der Waals surface area contributed by atoms with Gasteiger partial charge in [0, 0.05) is 32.5 Å². The molecule has 2 aromatic rings. The molecule has 0 N–H and O–H groups in total. The zero-order valence-electron chi connectivity index (χ0n) is 13.0. The summed E-state index contributed by atoms with van der Waals surface area (Å²) in [6, 6.07) is 1.56. The molecule has 3 rings (SSSR count). The normalized spacial score (nSPS) is 23.3. The van der Waals surface area contributed by atoms with Crippen molar-refractivity contribution in [2.24, 2.45) is 0 Å². The van der Waals surface area contributed by atoms with Crippen LogP contribution in [0.5, 0.6) is 0 Å². The monoisotopic (exact) mass is 337 g/mol. The van der Waals surface area contributed by atoms with Gasteiger partial charge in [0.15, 0.2) is 5.65 Å². The number of hydrogen-bond donors (Lipinski definition) is 0. The number of fused-ring (bicyclic) bond motifs is 1. The topological polar surface area (TPSA) is 127 Å². The molecule has 1 saturated heterocycles. The number of carbonyl (C=O) groups excluding carboxylic acids is 2. The van der Waals surface area contributed by atoms with Crippen LogP contribution in [0.25, 0.3) is 5.65 Å². The minimum absolute atomic E-state index is 0.0777. The molecule has 0 bridgehead atoms. The van der Waals surface area contributed by atoms with Gasteiger partial charge in [-0.3, -0.25) is 14.2 Å². The Balaban J connectivity index is 1.85. The van der Waals surface area contributed by atoms with Crippen molar-refractivity contribution in [1.82, 2.24) is 24.6 Å². The lowest BCUT2D eigenvalue weighted by Gasteiger charge is -2.17. The highest BCUT2D eigenvalue weighted by Gasteiger charge is 2.39. The Labute approximate surface area is 135 Å². The number of hydrogen-bond acceptors (Lipinski definition) is 9. The van der Waals surface area contributed by atoms with Gasteiger partial charge in [-0.1, -0.05) is 0 Å². The molecular formula is C13H15N5O6. The Hall–Kier alpha value is -2.82. The molecule has 0 aromatic carbocycles. The van der Waals surface area contributed by atoms with Crippen LogP contribution in [0.1, 0.15) is 26.5 Å². The zero-order valence-corrected chi connectivity index (χ0v) is 13.0. The average Bonchev–Trinajstić information content (AvgIpc) is 3.12. The third-order valence-corrected chi connectivity index (χ3v) is 3.54. The number of aromatic nitrogens is 5. The van der Waals surface area contributed by atoms with Crippen molar-refractivity contribution in [3.8, 4) is 0 Å². The molecule has 24 heavy (non-hydrogen) atoms. The molecule has 0 aliphatic carbocycles. The summed E-state index contributed by atoms with van der Waals surface area (Å²) in [4.78, 5) is 34.6. The van der Waals surface area contributed by atoms with Gasteiger partial charge in [0.1, 0.15) is 25.0 Å². The maximum absolute atomic E-state index is 12.4. The standard InChI is InChI=1S/C13H15N5O6/c1-7(19)22-6-10-9(23-8(2)20)5-12(24-10)17-4-3-11-14-15-16-18(11)13(17)21/h3-4,9-10,12H,5-6H2,1-2H3/t9-,10+,12+/m0/s1. The van der Waals surface area contributed by atoms with Gasteiger partial charge < -0.3 is 14.2 Å². The van der Waals surface area contributed by atoms with Crippen molar-refractivity contribution in [3.05, 3.63) is 22.7 Å². The number of ether oxygens (including phenoxy) is 3. The first-order valence-electron chi connectivity index (χ1n) is 7.21. The molecule has 1 aliphatic heterocycles. The fraction of sp³-hybridized carbons (Fsp3) is 0.538. The summed E-state index contributed by atoms with van der Waals surface area (Å²) in [5, 5.41) is 10.7. The van der Waals surface area contributed by atoms with Crippen LogP contribution in [0.2, 0.25) is 0 Å². The van der Waals surface area contributed by atoms with E-state index in [0.29, 0.717) is 5.65 Å². The van der Waals surface area contributed by atoms with E-state index in [9.17, 15) is 14.4 Å². The fourth-order valence-corrected chi connectivity index (χ4v) is 2.53. The van der Waals surface area contributed by atoms with E-state index in [-0.39, 0.29) is 13.0 Å². The molecule has 1 aliphatic rings. The van der Waals surface area contributed by atoms with Crippen molar-refractivity contribution in [1.29, 1.82) is 0 Å². The molecule has 2 aromatic heterocycles. The number of tetrazole rings is 1. The van der Waals surface area contributed by atoms with Gasteiger partial charge in [-0.05, 0) is 10.4 Å². The Morgan fingerprint density at radius 1 is 1.38 bits per heavy atom. The molecular weight excluding hydrogens is 322 g/mol. The van der Waals surface area contributed by atoms with Crippen LogP contribution in [0.4, 0.5) is 0 Å². The molecule has 0 unspecified atom stereocenters. The Bertz CT molecular complexity index is 830. The maximum atomic E-state index is 12.4. The van der Waals surface area contributed by atoms with E-state index in [1.165, 1.54) is 24.6 Å². The summed E-state index contributed by atoms with van der Waals surface area (Å²) in [7, 11) is 0. The fourth-order valence-electron chi connectivity index (χ4n) is 2.53. The van der Waals surface area contributed by atoms with Crippen LogP contribution in [0.3, 0.4) is 0 Å². The summed E-state index contributed by atoms with van der Waals surface area (Å²) >= 11 is 0. The van der Waals surface area contributed by atoms with Gasteiger partial charge in [0.2, 0.25) is 0 Å².